The fourth-order valence-corrected chi connectivity index (χ4v) is 2.05. The molecule has 0 aromatic carbocycles. The van der Waals surface area contributed by atoms with Gasteiger partial charge in [0, 0.05) is 25.6 Å². The van der Waals surface area contributed by atoms with Gasteiger partial charge in [-0.2, -0.15) is 0 Å². The molecule has 1 aliphatic rings. The molecule has 0 saturated carbocycles. The summed E-state index contributed by atoms with van der Waals surface area (Å²) in [6.45, 7) is 8.14. The number of hydrogen-bond donors (Lipinski definition) is 3. The van der Waals surface area contributed by atoms with E-state index >= 15 is 0 Å². The first-order valence-corrected chi connectivity index (χ1v) is 6.78. The highest BCUT2D eigenvalue weighted by Crippen LogP contribution is 2.14. The van der Waals surface area contributed by atoms with Crippen LogP contribution in [0, 0.1) is 11.8 Å². The van der Waals surface area contributed by atoms with Crippen LogP contribution in [0.15, 0.2) is 0 Å². The Morgan fingerprint density at radius 1 is 1.33 bits per heavy atom. The molecule has 2 unspecified atom stereocenters. The molecule has 2 atom stereocenters. The van der Waals surface area contributed by atoms with Gasteiger partial charge in [-0.3, -0.25) is 9.59 Å². The number of amides is 2. The molecule has 0 aromatic heterocycles. The molecule has 0 aliphatic carbocycles. The molecule has 0 aromatic rings. The van der Waals surface area contributed by atoms with E-state index in [1.807, 2.05) is 6.92 Å². The van der Waals surface area contributed by atoms with Gasteiger partial charge in [-0.15, -0.1) is 0 Å². The number of nitrogens with one attached hydrogen (secondary N) is 3. The molecule has 0 spiro atoms. The second-order valence-electron chi connectivity index (χ2n) is 5.38. The Kier molecular flexibility index (Phi) is 6.12. The van der Waals surface area contributed by atoms with E-state index in [9.17, 15) is 9.59 Å². The Bertz CT molecular complexity index is 292. The average Bonchev–Trinajstić information content (AvgIpc) is 2.72. The van der Waals surface area contributed by atoms with E-state index in [-0.39, 0.29) is 23.8 Å². The zero-order valence-corrected chi connectivity index (χ0v) is 11.6. The van der Waals surface area contributed by atoms with E-state index in [2.05, 4.69) is 29.8 Å². The van der Waals surface area contributed by atoms with Crippen molar-refractivity contribution in [2.24, 2.45) is 11.8 Å². The van der Waals surface area contributed by atoms with Gasteiger partial charge in [0.05, 0.1) is 5.92 Å². The third kappa shape index (κ3) is 5.04. The lowest BCUT2D eigenvalue weighted by atomic mass is 10.0. The summed E-state index contributed by atoms with van der Waals surface area (Å²) >= 11 is 0. The predicted octanol–water partition coefficient (Wildman–Crippen LogP) is 0.263. The van der Waals surface area contributed by atoms with Crippen LogP contribution in [0.4, 0.5) is 0 Å². The van der Waals surface area contributed by atoms with E-state index < -0.39 is 0 Å². The Labute approximate surface area is 109 Å². The largest absolute Gasteiger partial charge is 0.356 e. The number of carbonyl (C=O) groups is 2. The van der Waals surface area contributed by atoms with Crippen molar-refractivity contribution in [2.45, 2.75) is 39.7 Å². The summed E-state index contributed by atoms with van der Waals surface area (Å²) in [5.74, 6) is 0.559. The van der Waals surface area contributed by atoms with Crippen molar-refractivity contribution in [1.29, 1.82) is 0 Å². The summed E-state index contributed by atoms with van der Waals surface area (Å²) in [6.07, 6.45) is 1.24. The van der Waals surface area contributed by atoms with Crippen LogP contribution in [0.2, 0.25) is 0 Å². The fraction of sp³-hybridized carbons (Fsp3) is 0.846. The third-order valence-electron chi connectivity index (χ3n) is 3.22. The zero-order valence-electron chi connectivity index (χ0n) is 11.6. The zero-order chi connectivity index (χ0) is 13.5. The van der Waals surface area contributed by atoms with Crippen LogP contribution in [0.3, 0.4) is 0 Å². The molecular weight excluding hydrogens is 230 g/mol. The molecule has 5 heteroatoms. The Morgan fingerprint density at radius 2 is 2.06 bits per heavy atom. The molecular formula is C13H25N3O2. The quantitative estimate of drug-likeness (QED) is 0.638. The first kappa shape index (κ1) is 15.0. The molecule has 1 aliphatic heterocycles. The SMILES string of the molecule is CC(C)CNC(=O)CCNC(=O)C1CCNC1C. The molecule has 2 amide bonds. The molecule has 104 valence electrons. The van der Waals surface area contributed by atoms with Crippen LogP contribution in [0.5, 0.6) is 0 Å². The first-order valence-electron chi connectivity index (χ1n) is 6.78. The van der Waals surface area contributed by atoms with Crippen molar-refractivity contribution < 1.29 is 9.59 Å². The molecule has 1 rings (SSSR count). The van der Waals surface area contributed by atoms with E-state index in [4.69, 9.17) is 0 Å². The molecule has 5 nitrogen and oxygen atoms in total. The number of rotatable bonds is 6. The van der Waals surface area contributed by atoms with E-state index in [0.29, 0.717) is 25.4 Å². The third-order valence-corrected chi connectivity index (χ3v) is 3.22. The number of carbonyl (C=O) groups excluding carboxylic acids is 2. The summed E-state index contributed by atoms with van der Waals surface area (Å²) in [4.78, 5) is 23.3. The lowest BCUT2D eigenvalue weighted by Crippen LogP contribution is -2.38. The monoisotopic (exact) mass is 255 g/mol. The molecule has 3 N–H and O–H groups in total. The standard InChI is InChI=1S/C13H25N3O2/c1-9(2)8-16-12(17)5-7-15-13(18)11-4-6-14-10(11)3/h9-11,14H,4-8H2,1-3H3,(H,15,18)(H,16,17). The summed E-state index contributed by atoms with van der Waals surface area (Å²) in [5, 5.41) is 8.91. The van der Waals surface area contributed by atoms with Gasteiger partial charge in [-0.25, -0.2) is 0 Å². The summed E-state index contributed by atoms with van der Waals surface area (Å²) in [5.41, 5.74) is 0. The summed E-state index contributed by atoms with van der Waals surface area (Å²) in [7, 11) is 0. The smallest absolute Gasteiger partial charge is 0.224 e. The lowest BCUT2D eigenvalue weighted by molar-refractivity contribution is -0.125. The average molecular weight is 255 g/mol. The minimum absolute atomic E-state index is 0.00148. The van der Waals surface area contributed by atoms with Crippen molar-refractivity contribution in [1.82, 2.24) is 16.0 Å². The maximum atomic E-state index is 11.8. The predicted molar refractivity (Wildman–Crippen MR) is 71.0 cm³/mol. The van der Waals surface area contributed by atoms with Gasteiger partial charge in [0.2, 0.25) is 11.8 Å². The van der Waals surface area contributed by atoms with Gasteiger partial charge >= 0.3 is 0 Å². The fourth-order valence-electron chi connectivity index (χ4n) is 2.05. The van der Waals surface area contributed by atoms with Crippen LogP contribution >= 0.6 is 0 Å². The molecule has 1 heterocycles. The number of hydrogen-bond acceptors (Lipinski definition) is 3. The van der Waals surface area contributed by atoms with Gasteiger partial charge in [-0.05, 0) is 25.8 Å². The maximum Gasteiger partial charge on any atom is 0.224 e. The van der Waals surface area contributed by atoms with Crippen LogP contribution in [0.1, 0.15) is 33.6 Å². The highest BCUT2D eigenvalue weighted by atomic mass is 16.2. The topological polar surface area (TPSA) is 70.2 Å². The summed E-state index contributed by atoms with van der Waals surface area (Å²) < 4.78 is 0. The highest BCUT2D eigenvalue weighted by molar-refractivity contribution is 5.81. The highest BCUT2D eigenvalue weighted by Gasteiger charge is 2.28. The van der Waals surface area contributed by atoms with Gasteiger partial charge in [0.1, 0.15) is 0 Å². The second kappa shape index (κ2) is 7.36. The van der Waals surface area contributed by atoms with Crippen molar-refractivity contribution in [3.63, 3.8) is 0 Å². The molecule has 0 bridgehead atoms. The Morgan fingerprint density at radius 3 is 2.61 bits per heavy atom. The molecule has 0 radical (unpaired) electrons. The Hall–Kier alpha value is -1.10. The molecule has 1 fully saturated rings. The van der Waals surface area contributed by atoms with Crippen molar-refractivity contribution in [3.05, 3.63) is 0 Å². The Balaban J connectivity index is 2.13. The first-order chi connectivity index (χ1) is 8.50. The minimum atomic E-state index is 0.00148. The van der Waals surface area contributed by atoms with Crippen LogP contribution in [-0.2, 0) is 9.59 Å². The van der Waals surface area contributed by atoms with Crippen molar-refractivity contribution >= 4 is 11.8 Å². The van der Waals surface area contributed by atoms with E-state index in [1.54, 1.807) is 0 Å². The van der Waals surface area contributed by atoms with Crippen molar-refractivity contribution in [3.8, 4) is 0 Å². The summed E-state index contributed by atoms with van der Waals surface area (Å²) in [6, 6.07) is 0.236. The minimum Gasteiger partial charge on any atom is -0.356 e. The van der Waals surface area contributed by atoms with E-state index in [1.165, 1.54) is 0 Å². The van der Waals surface area contributed by atoms with Gasteiger partial charge in [0.25, 0.3) is 0 Å². The molecule has 18 heavy (non-hydrogen) atoms. The van der Waals surface area contributed by atoms with E-state index in [0.717, 1.165) is 13.0 Å². The van der Waals surface area contributed by atoms with Crippen molar-refractivity contribution in [2.75, 3.05) is 19.6 Å². The normalized spacial score (nSPS) is 23.1. The lowest BCUT2D eigenvalue weighted by Gasteiger charge is -2.15. The second-order valence-corrected chi connectivity index (χ2v) is 5.38. The van der Waals surface area contributed by atoms with Gasteiger partial charge in [0.15, 0.2) is 0 Å². The van der Waals surface area contributed by atoms with Gasteiger partial charge < -0.3 is 16.0 Å². The van der Waals surface area contributed by atoms with Crippen LogP contribution in [-0.4, -0.2) is 37.5 Å². The molecule has 1 saturated heterocycles. The maximum absolute atomic E-state index is 11.8. The van der Waals surface area contributed by atoms with Crippen LogP contribution in [0.25, 0.3) is 0 Å². The van der Waals surface area contributed by atoms with Gasteiger partial charge in [-0.1, -0.05) is 13.8 Å². The van der Waals surface area contributed by atoms with Crippen LogP contribution < -0.4 is 16.0 Å².